The molecule has 94 valence electrons. The molecule has 0 spiro atoms. The molecule has 4 heteroatoms. The average Bonchev–Trinajstić information content (AvgIpc) is 2.26. The zero-order chi connectivity index (χ0) is 12.8. The smallest absolute Gasteiger partial charge is 0.140 e. The van der Waals surface area contributed by atoms with E-state index in [1.165, 1.54) is 0 Å². The lowest BCUT2D eigenvalue weighted by molar-refractivity contribution is 0.411. The Labute approximate surface area is 120 Å². The summed E-state index contributed by atoms with van der Waals surface area (Å²) in [5, 5.41) is 3.33. The van der Waals surface area contributed by atoms with Crippen molar-refractivity contribution in [3.8, 4) is 5.75 Å². The van der Waals surface area contributed by atoms with E-state index in [9.17, 15) is 0 Å². The van der Waals surface area contributed by atoms with E-state index in [4.69, 9.17) is 4.74 Å². The van der Waals surface area contributed by atoms with Crippen LogP contribution < -0.4 is 10.1 Å². The van der Waals surface area contributed by atoms with E-state index in [-0.39, 0.29) is 0 Å². The van der Waals surface area contributed by atoms with Gasteiger partial charge in [0.1, 0.15) is 5.75 Å². The van der Waals surface area contributed by atoms with Crippen LogP contribution in [0.25, 0.3) is 6.08 Å². The van der Waals surface area contributed by atoms with Gasteiger partial charge in [-0.2, -0.15) is 0 Å². The normalized spacial score (nSPS) is 13.0. The fraction of sp³-hybridized carbons (Fsp3) is 0.385. The maximum absolute atomic E-state index is 5.38. The summed E-state index contributed by atoms with van der Waals surface area (Å²) in [5.41, 5.74) is 1.05. The molecule has 0 aliphatic rings. The van der Waals surface area contributed by atoms with Gasteiger partial charge in [-0.3, -0.25) is 0 Å². The standard InChI is InChI=1S/C13H17Br2NO/c1-4-16-9(2)5-6-10-7-11(14)8-12(15)13(10)17-3/h5-9,16H,4H2,1-3H3/b6-5+. The number of ether oxygens (including phenoxy) is 1. The summed E-state index contributed by atoms with van der Waals surface area (Å²) >= 11 is 6.97. The van der Waals surface area contributed by atoms with Gasteiger partial charge in [0.15, 0.2) is 0 Å². The highest BCUT2D eigenvalue weighted by molar-refractivity contribution is 9.11. The molecule has 0 aliphatic carbocycles. The molecule has 1 rings (SSSR count). The lowest BCUT2D eigenvalue weighted by Crippen LogP contribution is -2.22. The molecular formula is C13H17Br2NO. The monoisotopic (exact) mass is 361 g/mol. The third-order valence-electron chi connectivity index (χ3n) is 2.33. The number of halogens is 2. The van der Waals surface area contributed by atoms with Crippen molar-refractivity contribution in [3.63, 3.8) is 0 Å². The number of hydrogen-bond acceptors (Lipinski definition) is 2. The van der Waals surface area contributed by atoms with Crippen molar-refractivity contribution in [2.45, 2.75) is 19.9 Å². The predicted octanol–water partition coefficient (Wildman–Crippen LogP) is 4.23. The summed E-state index contributed by atoms with van der Waals surface area (Å²) in [6.07, 6.45) is 4.20. The van der Waals surface area contributed by atoms with E-state index in [1.807, 2.05) is 12.1 Å². The molecule has 0 amide bonds. The molecule has 0 saturated heterocycles. The van der Waals surface area contributed by atoms with Crippen LogP contribution in [0.1, 0.15) is 19.4 Å². The number of rotatable bonds is 5. The molecule has 1 unspecified atom stereocenters. The molecule has 0 heterocycles. The first-order valence-corrected chi connectivity index (χ1v) is 7.11. The summed E-state index contributed by atoms with van der Waals surface area (Å²) < 4.78 is 7.36. The number of methoxy groups -OCH3 is 1. The van der Waals surface area contributed by atoms with Gasteiger partial charge in [0.2, 0.25) is 0 Å². The van der Waals surface area contributed by atoms with Crippen molar-refractivity contribution in [1.82, 2.24) is 5.32 Å². The molecule has 0 fully saturated rings. The third-order valence-corrected chi connectivity index (χ3v) is 3.38. The molecule has 0 saturated carbocycles. The number of hydrogen-bond donors (Lipinski definition) is 1. The molecule has 0 aliphatic heterocycles. The Morgan fingerprint density at radius 3 is 2.71 bits per heavy atom. The fourth-order valence-electron chi connectivity index (χ4n) is 1.56. The molecule has 0 radical (unpaired) electrons. The highest BCUT2D eigenvalue weighted by Crippen LogP contribution is 2.33. The first-order valence-electron chi connectivity index (χ1n) is 5.53. The minimum absolute atomic E-state index is 0.350. The van der Waals surface area contributed by atoms with Crippen molar-refractivity contribution in [2.24, 2.45) is 0 Å². The second kappa shape index (κ2) is 7.19. The Kier molecular flexibility index (Phi) is 6.23. The van der Waals surface area contributed by atoms with Crippen LogP contribution in [0.5, 0.6) is 5.75 Å². The van der Waals surface area contributed by atoms with Crippen LogP contribution in [0.15, 0.2) is 27.2 Å². The van der Waals surface area contributed by atoms with Gasteiger partial charge in [0.05, 0.1) is 11.6 Å². The van der Waals surface area contributed by atoms with Crippen LogP contribution in [0.2, 0.25) is 0 Å². The number of likely N-dealkylation sites (N-methyl/N-ethyl adjacent to an activating group) is 1. The van der Waals surface area contributed by atoms with E-state index in [0.29, 0.717) is 6.04 Å². The molecule has 2 nitrogen and oxygen atoms in total. The van der Waals surface area contributed by atoms with Crippen LogP contribution in [-0.2, 0) is 0 Å². The van der Waals surface area contributed by atoms with Crippen LogP contribution in [0.3, 0.4) is 0 Å². The van der Waals surface area contributed by atoms with Gasteiger partial charge >= 0.3 is 0 Å². The molecule has 0 aromatic heterocycles. The minimum Gasteiger partial charge on any atom is -0.495 e. The van der Waals surface area contributed by atoms with E-state index in [1.54, 1.807) is 7.11 Å². The Morgan fingerprint density at radius 1 is 1.41 bits per heavy atom. The second-order valence-electron chi connectivity index (χ2n) is 3.72. The highest BCUT2D eigenvalue weighted by Gasteiger charge is 2.06. The van der Waals surface area contributed by atoms with Crippen LogP contribution in [0, 0.1) is 0 Å². The van der Waals surface area contributed by atoms with Crippen molar-refractivity contribution in [3.05, 3.63) is 32.7 Å². The zero-order valence-electron chi connectivity index (χ0n) is 10.3. The third kappa shape index (κ3) is 4.45. The average molecular weight is 363 g/mol. The van der Waals surface area contributed by atoms with Gasteiger partial charge in [-0.25, -0.2) is 0 Å². The van der Waals surface area contributed by atoms with Crippen LogP contribution in [-0.4, -0.2) is 19.7 Å². The molecule has 1 aromatic carbocycles. The number of benzene rings is 1. The van der Waals surface area contributed by atoms with Gasteiger partial charge in [0, 0.05) is 16.1 Å². The van der Waals surface area contributed by atoms with Crippen molar-refractivity contribution < 1.29 is 4.74 Å². The maximum Gasteiger partial charge on any atom is 0.140 e. The summed E-state index contributed by atoms with van der Waals surface area (Å²) in [5.74, 6) is 0.855. The van der Waals surface area contributed by atoms with Crippen molar-refractivity contribution in [2.75, 3.05) is 13.7 Å². The molecule has 17 heavy (non-hydrogen) atoms. The maximum atomic E-state index is 5.38. The van der Waals surface area contributed by atoms with Gasteiger partial charge < -0.3 is 10.1 Å². The molecular weight excluding hydrogens is 346 g/mol. The van der Waals surface area contributed by atoms with Crippen LogP contribution >= 0.6 is 31.9 Å². The Balaban J connectivity index is 2.96. The first kappa shape index (κ1) is 14.7. The van der Waals surface area contributed by atoms with Gasteiger partial charge in [-0.1, -0.05) is 35.0 Å². The quantitative estimate of drug-likeness (QED) is 0.846. The van der Waals surface area contributed by atoms with E-state index < -0.39 is 0 Å². The molecule has 1 N–H and O–H groups in total. The number of nitrogens with one attached hydrogen (secondary N) is 1. The zero-order valence-corrected chi connectivity index (χ0v) is 13.4. The van der Waals surface area contributed by atoms with E-state index >= 15 is 0 Å². The second-order valence-corrected chi connectivity index (χ2v) is 5.49. The Bertz CT molecular complexity index is 405. The molecule has 1 aromatic rings. The summed E-state index contributed by atoms with van der Waals surface area (Å²) in [7, 11) is 1.68. The molecule has 1 atom stereocenters. The summed E-state index contributed by atoms with van der Waals surface area (Å²) in [4.78, 5) is 0. The molecule has 0 bridgehead atoms. The fourth-order valence-corrected chi connectivity index (χ4v) is 2.98. The predicted molar refractivity (Wildman–Crippen MR) is 80.6 cm³/mol. The van der Waals surface area contributed by atoms with Crippen LogP contribution in [0.4, 0.5) is 0 Å². The van der Waals surface area contributed by atoms with E-state index in [0.717, 1.165) is 26.8 Å². The van der Waals surface area contributed by atoms with E-state index in [2.05, 4.69) is 63.2 Å². The van der Waals surface area contributed by atoms with Crippen molar-refractivity contribution in [1.29, 1.82) is 0 Å². The Hall–Kier alpha value is -0.320. The SMILES string of the molecule is CCNC(C)/C=C/c1cc(Br)cc(Br)c1OC. The van der Waals surface area contributed by atoms with Crippen molar-refractivity contribution >= 4 is 37.9 Å². The first-order chi connectivity index (χ1) is 8.08. The highest BCUT2D eigenvalue weighted by atomic mass is 79.9. The summed E-state index contributed by atoms with van der Waals surface area (Å²) in [6.45, 7) is 5.19. The lowest BCUT2D eigenvalue weighted by Gasteiger charge is -2.10. The van der Waals surface area contributed by atoms with Gasteiger partial charge in [0.25, 0.3) is 0 Å². The Morgan fingerprint density at radius 2 is 2.12 bits per heavy atom. The largest absolute Gasteiger partial charge is 0.495 e. The topological polar surface area (TPSA) is 21.3 Å². The van der Waals surface area contributed by atoms with Gasteiger partial charge in [-0.15, -0.1) is 0 Å². The summed E-state index contributed by atoms with van der Waals surface area (Å²) in [6, 6.07) is 4.37. The lowest BCUT2D eigenvalue weighted by atomic mass is 10.1. The van der Waals surface area contributed by atoms with Gasteiger partial charge in [-0.05, 0) is 41.5 Å². The minimum atomic E-state index is 0.350.